The molecule has 0 aliphatic rings. The van der Waals surface area contributed by atoms with Gasteiger partial charge in [0.25, 0.3) is 5.69 Å². The average Bonchev–Trinajstić information content (AvgIpc) is 2.37. The maximum Gasteiger partial charge on any atom is 0.273 e. The number of nitrogens with two attached hydrogens (primary N) is 1. The molecule has 1 aromatic carbocycles. The predicted octanol–water partition coefficient (Wildman–Crippen LogP) is 3.48. The third-order valence-corrected chi connectivity index (χ3v) is 4.16. The minimum Gasteiger partial charge on any atom is -0.374 e. The minimum atomic E-state index is -0.363. The second-order valence-corrected chi connectivity index (χ2v) is 6.32. The molecule has 112 valence electrons. The van der Waals surface area contributed by atoms with Crippen molar-refractivity contribution in [1.82, 2.24) is 0 Å². The van der Waals surface area contributed by atoms with Crippen LogP contribution < -0.4 is 10.6 Å². The Hall–Kier alpha value is -1.14. The van der Waals surface area contributed by atoms with Crippen molar-refractivity contribution in [1.29, 1.82) is 0 Å². The smallest absolute Gasteiger partial charge is 0.273 e. The van der Waals surface area contributed by atoms with Crippen LogP contribution in [0.15, 0.2) is 16.6 Å². The van der Waals surface area contributed by atoms with Crippen LogP contribution in [0.25, 0.3) is 0 Å². The first-order valence-electron chi connectivity index (χ1n) is 6.65. The number of hydrogen-bond donors (Lipinski definition) is 1. The van der Waals surface area contributed by atoms with Crippen LogP contribution in [0.3, 0.4) is 0 Å². The lowest BCUT2D eigenvalue weighted by Gasteiger charge is -2.24. The van der Waals surface area contributed by atoms with Gasteiger partial charge in [-0.2, -0.15) is 0 Å². The third kappa shape index (κ3) is 4.18. The molecule has 0 aliphatic heterocycles. The molecule has 2 N–H and O–H groups in total. The highest BCUT2D eigenvalue weighted by Gasteiger charge is 2.17. The van der Waals surface area contributed by atoms with Crippen molar-refractivity contribution in [3.63, 3.8) is 0 Å². The van der Waals surface area contributed by atoms with Crippen LogP contribution in [0.5, 0.6) is 0 Å². The summed E-state index contributed by atoms with van der Waals surface area (Å²) >= 11 is 3.41. The molecule has 1 rings (SSSR count). The molecule has 20 heavy (non-hydrogen) atoms. The van der Waals surface area contributed by atoms with E-state index in [-0.39, 0.29) is 16.7 Å². The number of aryl methyl sites for hydroxylation is 1. The van der Waals surface area contributed by atoms with Gasteiger partial charge in [0.1, 0.15) is 0 Å². The van der Waals surface area contributed by atoms with Gasteiger partial charge < -0.3 is 10.6 Å². The zero-order chi connectivity index (χ0) is 15.4. The molecule has 0 amide bonds. The largest absolute Gasteiger partial charge is 0.374 e. The fraction of sp³-hybridized carbons (Fsp3) is 0.571. The van der Waals surface area contributed by atoms with Crippen molar-refractivity contribution in [2.75, 3.05) is 18.5 Å². The number of nitro benzene ring substituents is 1. The molecular weight excluding hydrogens is 322 g/mol. The van der Waals surface area contributed by atoms with Crippen LogP contribution in [0, 0.1) is 23.0 Å². The van der Waals surface area contributed by atoms with Crippen molar-refractivity contribution < 1.29 is 4.92 Å². The molecule has 5 nitrogen and oxygen atoms in total. The van der Waals surface area contributed by atoms with Gasteiger partial charge in [-0.1, -0.05) is 13.8 Å². The van der Waals surface area contributed by atoms with Crippen LogP contribution in [-0.2, 0) is 0 Å². The topological polar surface area (TPSA) is 72.4 Å². The number of nitro groups is 1. The molecule has 0 heterocycles. The molecule has 0 spiro atoms. The molecule has 0 bridgehead atoms. The van der Waals surface area contributed by atoms with Gasteiger partial charge in [0.2, 0.25) is 0 Å². The van der Waals surface area contributed by atoms with E-state index >= 15 is 0 Å². The summed E-state index contributed by atoms with van der Waals surface area (Å²) in [6, 6.07) is 3.56. The lowest BCUT2D eigenvalue weighted by atomic mass is 10.0. The van der Waals surface area contributed by atoms with Crippen molar-refractivity contribution >= 4 is 27.3 Å². The first kappa shape index (κ1) is 16.9. The number of rotatable bonds is 6. The summed E-state index contributed by atoms with van der Waals surface area (Å²) in [4.78, 5) is 12.6. The number of benzene rings is 1. The maximum atomic E-state index is 10.9. The van der Waals surface area contributed by atoms with Gasteiger partial charge in [-0.3, -0.25) is 10.1 Å². The van der Waals surface area contributed by atoms with E-state index in [0.717, 1.165) is 23.1 Å². The predicted molar refractivity (Wildman–Crippen MR) is 86.2 cm³/mol. The highest BCUT2D eigenvalue weighted by molar-refractivity contribution is 9.10. The molecule has 0 saturated heterocycles. The normalized spacial score (nSPS) is 12.6. The van der Waals surface area contributed by atoms with Crippen molar-refractivity contribution in [2.24, 2.45) is 11.7 Å². The van der Waals surface area contributed by atoms with E-state index in [9.17, 15) is 10.1 Å². The van der Waals surface area contributed by atoms with Gasteiger partial charge in [-0.15, -0.1) is 0 Å². The Balaban J connectivity index is 2.86. The summed E-state index contributed by atoms with van der Waals surface area (Å²) in [6.45, 7) is 6.78. The lowest BCUT2D eigenvalue weighted by molar-refractivity contribution is -0.385. The molecule has 0 aromatic heterocycles. The fourth-order valence-electron chi connectivity index (χ4n) is 1.94. The van der Waals surface area contributed by atoms with E-state index in [1.807, 2.05) is 13.1 Å². The van der Waals surface area contributed by atoms with E-state index in [1.165, 1.54) is 0 Å². The van der Waals surface area contributed by atoms with E-state index < -0.39 is 0 Å². The Bertz CT molecular complexity index is 492. The second-order valence-electron chi connectivity index (χ2n) is 5.47. The van der Waals surface area contributed by atoms with Crippen LogP contribution in [0.4, 0.5) is 11.4 Å². The summed E-state index contributed by atoms with van der Waals surface area (Å²) < 4.78 is 0.732. The molecule has 0 radical (unpaired) electrons. The fourth-order valence-corrected chi connectivity index (χ4v) is 2.58. The number of halogens is 1. The Morgan fingerprint density at radius 2 is 2.05 bits per heavy atom. The summed E-state index contributed by atoms with van der Waals surface area (Å²) in [6.07, 6.45) is 0.886. The zero-order valence-electron chi connectivity index (χ0n) is 12.4. The highest BCUT2D eigenvalue weighted by atomic mass is 79.9. The summed E-state index contributed by atoms with van der Waals surface area (Å²) in [5.41, 5.74) is 7.79. The zero-order valence-corrected chi connectivity index (χ0v) is 14.0. The monoisotopic (exact) mass is 343 g/mol. The van der Waals surface area contributed by atoms with Crippen molar-refractivity contribution in [3.05, 3.63) is 32.3 Å². The van der Waals surface area contributed by atoms with Gasteiger partial charge in [-0.25, -0.2) is 0 Å². The van der Waals surface area contributed by atoms with E-state index in [2.05, 4.69) is 34.7 Å². The van der Waals surface area contributed by atoms with Crippen molar-refractivity contribution in [3.8, 4) is 0 Å². The van der Waals surface area contributed by atoms with Gasteiger partial charge in [0, 0.05) is 35.7 Å². The second kappa shape index (κ2) is 7.04. The summed E-state index contributed by atoms with van der Waals surface area (Å²) in [5.74, 6) is 0.449. The Kier molecular flexibility index (Phi) is 5.95. The number of hydrogen-bond acceptors (Lipinski definition) is 4. The van der Waals surface area contributed by atoms with Crippen LogP contribution in [0.1, 0.15) is 25.8 Å². The maximum absolute atomic E-state index is 10.9. The van der Waals surface area contributed by atoms with Gasteiger partial charge in [-0.05, 0) is 41.3 Å². The SMILES string of the molecule is Cc1cc(N(C)CCC(N)C(C)C)c(Br)cc1[N+](=O)[O-]. The highest BCUT2D eigenvalue weighted by Crippen LogP contribution is 2.32. The van der Waals surface area contributed by atoms with Crippen LogP contribution in [-0.4, -0.2) is 24.6 Å². The molecular formula is C14H22BrN3O2. The summed E-state index contributed by atoms with van der Waals surface area (Å²) in [5, 5.41) is 10.9. The Labute approximate surface area is 128 Å². The molecule has 0 aliphatic carbocycles. The molecule has 6 heteroatoms. The van der Waals surface area contributed by atoms with Crippen LogP contribution in [0.2, 0.25) is 0 Å². The van der Waals surface area contributed by atoms with E-state index in [4.69, 9.17) is 5.73 Å². The lowest BCUT2D eigenvalue weighted by Crippen LogP contribution is -2.32. The van der Waals surface area contributed by atoms with Gasteiger partial charge in [0.15, 0.2) is 0 Å². The molecule has 1 aromatic rings. The van der Waals surface area contributed by atoms with E-state index in [1.54, 1.807) is 13.0 Å². The Morgan fingerprint density at radius 1 is 1.45 bits per heavy atom. The molecule has 1 atom stereocenters. The van der Waals surface area contributed by atoms with E-state index in [0.29, 0.717) is 11.5 Å². The first-order valence-corrected chi connectivity index (χ1v) is 7.44. The van der Waals surface area contributed by atoms with Crippen LogP contribution >= 0.6 is 15.9 Å². The number of nitrogens with zero attached hydrogens (tertiary/aromatic N) is 2. The number of anilines is 1. The summed E-state index contributed by atoms with van der Waals surface area (Å²) in [7, 11) is 1.97. The quantitative estimate of drug-likeness (QED) is 0.633. The average molecular weight is 344 g/mol. The first-order chi connectivity index (χ1) is 9.23. The third-order valence-electron chi connectivity index (χ3n) is 3.53. The molecule has 1 unspecified atom stereocenters. The Morgan fingerprint density at radius 3 is 2.55 bits per heavy atom. The molecule has 0 saturated carbocycles. The molecule has 0 fully saturated rings. The van der Waals surface area contributed by atoms with Gasteiger partial charge in [0.05, 0.1) is 10.6 Å². The minimum absolute atomic E-state index is 0.132. The standard InChI is InChI=1S/C14H22BrN3O2/c1-9(2)12(16)5-6-17(4)14-7-10(3)13(18(19)20)8-11(14)15/h7-9,12H,5-6,16H2,1-4H3. The van der Waals surface area contributed by atoms with Crippen molar-refractivity contribution in [2.45, 2.75) is 33.2 Å². The van der Waals surface area contributed by atoms with Gasteiger partial charge >= 0.3 is 0 Å².